The quantitative estimate of drug-likeness (QED) is 0.383. The number of benzene rings is 1. The van der Waals surface area contributed by atoms with Crippen molar-refractivity contribution < 1.29 is 14.3 Å². The van der Waals surface area contributed by atoms with E-state index in [1.165, 1.54) is 16.6 Å². The molecular formula is C21H21N3O3S2. The van der Waals surface area contributed by atoms with Gasteiger partial charge >= 0.3 is 0 Å². The van der Waals surface area contributed by atoms with Crippen molar-refractivity contribution in [3.63, 3.8) is 0 Å². The molecule has 1 aromatic carbocycles. The van der Waals surface area contributed by atoms with E-state index in [4.69, 9.17) is 9.15 Å². The number of aromatic nitrogens is 3. The number of furan rings is 1. The molecule has 150 valence electrons. The molecule has 0 saturated heterocycles. The van der Waals surface area contributed by atoms with E-state index >= 15 is 0 Å². The molecule has 0 aliphatic carbocycles. The summed E-state index contributed by atoms with van der Waals surface area (Å²) in [7, 11) is 0. The number of thiophene rings is 1. The molecule has 29 heavy (non-hydrogen) atoms. The SMILES string of the molecule is OC(COCc1ccco1)CSc1nnc(Cc2cccs2)n1-c1ccccc1. The lowest BCUT2D eigenvalue weighted by molar-refractivity contribution is 0.0328. The van der Waals surface area contributed by atoms with E-state index in [-0.39, 0.29) is 6.61 Å². The molecule has 6 nitrogen and oxygen atoms in total. The molecule has 0 aliphatic heterocycles. The molecule has 4 aromatic rings. The minimum Gasteiger partial charge on any atom is -0.467 e. The Morgan fingerprint density at radius 2 is 2.00 bits per heavy atom. The summed E-state index contributed by atoms with van der Waals surface area (Å²) in [6, 6.07) is 17.8. The highest BCUT2D eigenvalue weighted by Crippen LogP contribution is 2.25. The van der Waals surface area contributed by atoms with Crippen LogP contribution in [0.1, 0.15) is 16.5 Å². The highest BCUT2D eigenvalue weighted by atomic mass is 32.2. The molecular weight excluding hydrogens is 406 g/mol. The Labute approximate surface area is 177 Å². The number of hydrogen-bond donors (Lipinski definition) is 1. The lowest BCUT2D eigenvalue weighted by atomic mass is 10.3. The predicted octanol–water partition coefficient (Wildman–Crippen LogP) is 4.18. The first-order valence-electron chi connectivity index (χ1n) is 9.22. The summed E-state index contributed by atoms with van der Waals surface area (Å²) in [4.78, 5) is 1.23. The number of para-hydroxylation sites is 1. The van der Waals surface area contributed by atoms with Crippen molar-refractivity contribution in [2.75, 3.05) is 12.4 Å². The van der Waals surface area contributed by atoms with Crippen LogP contribution >= 0.6 is 23.1 Å². The zero-order valence-electron chi connectivity index (χ0n) is 15.7. The predicted molar refractivity (Wildman–Crippen MR) is 114 cm³/mol. The molecule has 1 unspecified atom stereocenters. The van der Waals surface area contributed by atoms with Gasteiger partial charge in [0, 0.05) is 22.7 Å². The van der Waals surface area contributed by atoms with Gasteiger partial charge in [0.15, 0.2) is 5.16 Å². The molecule has 8 heteroatoms. The number of thioether (sulfide) groups is 1. The van der Waals surface area contributed by atoms with Gasteiger partial charge in [0.1, 0.15) is 18.2 Å². The second kappa shape index (κ2) is 9.89. The number of aliphatic hydroxyl groups excluding tert-OH is 1. The van der Waals surface area contributed by atoms with Gasteiger partial charge in [-0.25, -0.2) is 0 Å². The average Bonchev–Trinajstić information content (AvgIpc) is 3.50. The molecule has 0 bridgehead atoms. The molecule has 4 rings (SSSR count). The van der Waals surface area contributed by atoms with Crippen molar-refractivity contribution in [1.82, 2.24) is 14.8 Å². The van der Waals surface area contributed by atoms with E-state index in [0.29, 0.717) is 12.4 Å². The minimum absolute atomic E-state index is 0.231. The first-order valence-corrected chi connectivity index (χ1v) is 11.1. The Kier molecular flexibility index (Phi) is 6.79. The maximum atomic E-state index is 10.3. The number of rotatable bonds is 10. The van der Waals surface area contributed by atoms with Crippen molar-refractivity contribution in [3.05, 3.63) is 82.7 Å². The Balaban J connectivity index is 1.41. The Hall–Kier alpha value is -2.39. The van der Waals surface area contributed by atoms with Crippen LogP contribution in [-0.4, -0.2) is 38.3 Å². The van der Waals surface area contributed by atoms with Crippen molar-refractivity contribution >= 4 is 23.1 Å². The summed E-state index contributed by atoms with van der Waals surface area (Å²) in [5.74, 6) is 2.08. The van der Waals surface area contributed by atoms with E-state index in [1.54, 1.807) is 17.6 Å². The summed E-state index contributed by atoms with van der Waals surface area (Å²) >= 11 is 3.18. The monoisotopic (exact) mass is 427 g/mol. The summed E-state index contributed by atoms with van der Waals surface area (Å²) in [6.45, 7) is 0.578. The van der Waals surface area contributed by atoms with Gasteiger partial charge in [-0.05, 0) is 35.7 Å². The van der Waals surface area contributed by atoms with E-state index in [1.807, 2.05) is 48.5 Å². The van der Waals surface area contributed by atoms with Crippen LogP contribution in [0.25, 0.3) is 5.69 Å². The van der Waals surface area contributed by atoms with Crippen LogP contribution in [0.15, 0.2) is 75.8 Å². The van der Waals surface area contributed by atoms with Gasteiger partial charge in [0.25, 0.3) is 0 Å². The number of hydrogen-bond acceptors (Lipinski definition) is 7. The molecule has 3 heterocycles. The maximum absolute atomic E-state index is 10.3. The van der Waals surface area contributed by atoms with E-state index < -0.39 is 6.10 Å². The molecule has 3 aromatic heterocycles. The fourth-order valence-electron chi connectivity index (χ4n) is 2.82. The molecule has 0 radical (unpaired) electrons. The molecule has 0 spiro atoms. The summed E-state index contributed by atoms with van der Waals surface area (Å²) in [5, 5.41) is 21.9. The molecule has 0 saturated carbocycles. The third kappa shape index (κ3) is 5.36. The molecule has 1 atom stereocenters. The topological polar surface area (TPSA) is 73.3 Å². The lowest BCUT2D eigenvalue weighted by Gasteiger charge is -2.12. The van der Waals surface area contributed by atoms with Crippen LogP contribution in [0.3, 0.4) is 0 Å². The first kappa shape index (κ1) is 19.9. The van der Waals surface area contributed by atoms with Crippen LogP contribution in [0.2, 0.25) is 0 Å². The smallest absolute Gasteiger partial charge is 0.195 e. The first-order chi connectivity index (χ1) is 14.3. The second-order valence-corrected chi connectivity index (χ2v) is 8.40. The van der Waals surface area contributed by atoms with E-state index in [2.05, 4.69) is 26.2 Å². The third-order valence-electron chi connectivity index (χ3n) is 4.17. The van der Waals surface area contributed by atoms with E-state index in [9.17, 15) is 5.11 Å². The third-order valence-corrected chi connectivity index (χ3v) is 6.12. The molecule has 0 aliphatic rings. The fourth-order valence-corrected chi connectivity index (χ4v) is 4.40. The van der Waals surface area contributed by atoms with Crippen LogP contribution in [-0.2, 0) is 17.8 Å². The van der Waals surface area contributed by atoms with Crippen LogP contribution in [0, 0.1) is 0 Å². The van der Waals surface area contributed by atoms with Crippen molar-refractivity contribution in [3.8, 4) is 5.69 Å². The number of aliphatic hydroxyl groups is 1. The minimum atomic E-state index is -0.614. The molecule has 1 N–H and O–H groups in total. The Morgan fingerprint density at radius 3 is 2.76 bits per heavy atom. The lowest BCUT2D eigenvalue weighted by Crippen LogP contribution is -2.18. The normalized spacial score (nSPS) is 12.3. The van der Waals surface area contributed by atoms with Crippen molar-refractivity contribution in [2.45, 2.75) is 24.3 Å². The van der Waals surface area contributed by atoms with Crippen LogP contribution < -0.4 is 0 Å². The molecule has 0 amide bonds. The zero-order chi connectivity index (χ0) is 19.9. The average molecular weight is 428 g/mol. The second-order valence-electron chi connectivity index (χ2n) is 6.39. The number of ether oxygens (including phenoxy) is 1. The van der Waals surface area contributed by atoms with Gasteiger partial charge < -0.3 is 14.3 Å². The van der Waals surface area contributed by atoms with Gasteiger partial charge in [-0.1, -0.05) is 36.0 Å². The van der Waals surface area contributed by atoms with Gasteiger partial charge in [0.05, 0.1) is 19.0 Å². The van der Waals surface area contributed by atoms with E-state index in [0.717, 1.165) is 28.8 Å². The van der Waals surface area contributed by atoms with Crippen LogP contribution in [0.5, 0.6) is 0 Å². The summed E-state index contributed by atoms with van der Waals surface area (Å²) in [5.41, 5.74) is 1.01. The summed E-state index contributed by atoms with van der Waals surface area (Å²) < 4.78 is 12.8. The van der Waals surface area contributed by atoms with Gasteiger partial charge in [0.2, 0.25) is 0 Å². The Bertz CT molecular complexity index is 986. The van der Waals surface area contributed by atoms with Crippen molar-refractivity contribution in [1.29, 1.82) is 0 Å². The fraction of sp³-hybridized carbons (Fsp3) is 0.238. The summed E-state index contributed by atoms with van der Waals surface area (Å²) in [6.07, 6.45) is 1.71. The molecule has 0 fully saturated rings. The highest BCUT2D eigenvalue weighted by Gasteiger charge is 2.17. The van der Waals surface area contributed by atoms with Gasteiger partial charge in [-0.15, -0.1) is 21.5 Å². The zero-order valence-corrected chi connectivity index (χ0v) is 17.3. The largest absolute Gasteiger partial charge is 0.467 e. The van der Waals surface area contributed by atoms with Gasteiger partial charge in [-0.3, -0.25) is 4.57 Å². The highest BCUT2D eigenvalue weighted by molar-refractivity contribution is 7.99. The number of nitrogens with zero attached hydrogens (tertiary/aromatic N) is 3. The van der Waals surface area contributed by atoms with Gasteiger partial charge in [-0.2, -0.15) is 0 Å². The van der Waals surface area contributed by atoms with Crippen molar-refractivity contribution in [2.24, 2.45) is 0 Å². The van der Waals surface area contributed by atoms with Crippen LogP contribution in [0.4, 0.5) is 0 Å². The standard InChI is InChI=1S/C21H21N3O3S2/c25-17(13-26-14-18-8-4-10-27-18)15-29-21-23-22-20(12-19-9-5-11-28-19)24(21)16-6-2-1-3-7-16/h1-11,17,25H,12-15H2. The maximum Gasteiger partial charge on any atom is 0.195 e. The Morgan fingerprint density at radius 1 is 1.10 bits per heavy atom.